The van der Waals surface area contributed by atoms with Crippen molar-refractivity contribution in [3.05, 3.63) is 95.6 Å². The second kappa shape index (κ2) is 10.0. The van der Waals surface area contributed by atoms with E-state index in [1.54, 1.807) is 6.07 Å². The minimum atomic E-state index is -0.493. The summed E-state index contributed by atoms with van der Waals surface area (Å²) in [5, 5.41) is 16.1. The van der Waals surface area contributed by atoms with Gasteiger partial charge in [-0.05, 0) is 53.4 Å². The summed E-state index contributed by atoms with van der Waals surface area (Å²) < 4.78 is 0. The maximum absolute atomic E-state index is 13.2. The first-order valence-electron chi connectivity index (χ1n) is 10.0. The number of anilines is 1. The number of thiocarbonyl (C=S) groups is 1. The van der Waals surface area contributed by atoms with Gasteiger partial charge < -0.3 is 15.7 Å². The van der Waals surface area contributed by atoms with Gasteiger partial charge in [0.15, 0.2) is 5.11 Å². The third-order valence-corrected chi connectivity index (χ3v) is 5.42. The maximum atomic E-state index is 13.2. The number of phenols is 1. The molecular formula is C25H26N2O2S. The molecule has 0 saturated heterocycles. The minimum Gasteiger partial charge on any atom is -0.506 e. The number of nitrogens with one attached hydrogen (secondary N) is 2. The lowest BCUT2D eigenvalue weighted by Gasteiger charge is -2.19. The number of hydrogen-bond acceptors (Lipinski definition) is 3. The van der Waals surface area contributed by atoms with E-state index in [4.69, 9.17) is 12.2 Å². The third-order valence-electron chi connectivity index (χ3n) is 5.21. The SMILES string of the molecule is CCC(C)c1ccc(O)c(NC(=S)NC(=O)C(c2ccccc2)c2ccccc2)c1. The van der Waals surface area contributed by atoms with Gasteiger partial charge in [0.1, 0.15) is 5.75 Å². The highest BCUT2D eigenvalue weighted by molar-refractivity contribution is 7.80. The molecule has 3 rings (SSSR count). The zero-order valence-electron chi connectivity index (χ0n) is 17.1. The summed E-state index contributed by atoms with van der Waals surface area (Å²) in [5.41, 5.74) is 3.34. The fourth-order valence-electron chi connectivity index (χ4n) is 3.32. The first-order valence-corrected chi connectivity index (χ1v) is 10.4. The predicted octanol–water partition coefficient (Wildman–Crippen LogP) is 5.55. The Bertz CT molecular complexity index is 967. The number of carbonyl (C=O) groups is 1. The summed E-state index contributed by atoms with van der Waals surface area (Å²) in [5.74, 6) is -0.286. The molecule has 0 saturated carbocycles. The van der Waals surface area contributed by atoms with Crippen LogP contribution in [0.3, 0.4) is 0 Å². The number of benzene rings is 3. The normalized spacial score (nSPS) is 11.7. The molecule has 1 amide bonds. The standard InChI is InChI=1S/C25H26N2O2S/c1-3-17(2)20-14-15-22(28)21(16-20)26-25(30)27-24(29)23(18-10-6-4-7-11-18)19-12-8-5-9-13-19/h4-17,23,28H,3H2,1-2H3,(H2,26,27,29,30). The summed E-state index contributed by atoms with van der Waals surface area (Å²) in [7, 11) is 0. The molecule has 30 heavy (non-hydrogen) atoms. The van der Waals surface area contributed by atoms with Gasteiger partial charge >= 0.3 is 0 Å². The first-order chi connectivity index (χ1) is 14.5. The highest BCUT2D eigenvalue weighted by Crippen LogP contribution is 2.29. The Morgan fingerprint density at radius 1 is 0.933 bits per heavy atom. The second-order valence-corrected chi connectivity index (χ2v) is 7.69. The number of amides is 1. The fraction of sp³-hybridized carbons (Fsp3) is 0.200. The van der Waals surface area contributed by atoms with Crippen LogP contribution in [-0.4, -0.2) is 16.1 Å². The number of phenolic OH excluding ortho intramolecular Hbond substituents is 1. The molecular weight excluding hydrogens is 392 g/mol. The minimum absolute atomic E-state index is 0.0846. The van der Waals surface area contributed by atoms with Gasteiger partial charge in [-0.1, -0.05) is 80.6 Å². The molecule has 5 heteroatoms. The van der Waals surface area contributed by atoms with E-state index in [-0.39, 0.29) is 16.8 Å². The number of carbonyl (C=O) groups excluding carboxylic acids is 1. The molecule has 1 unspecified atom stereocenters. The lowest BCUT2D eigenvalue weighted by molar-refractivity contribution is -0.120. The highest BCUT2D eigenvalue weighted by Gasteiger charge is 2.23. The number of rotatable bonds is 6. The van der Waals surface area contributed by atoms with Crippen LogP contribution in [0.4, 0.5) is 5.69 Å². The molecule has 0 spiro atoms. The zero-order valence-corrected chi connectivity index (χ0v) is 17.9. The van der Waals surface area contributed by atoms with E-state index in [2.05, 4.69) is 24.5 Å². The third kappa shape index (κ3) is 5.24. The largest absolute Gasteiger partial charge is 0.506 e. The van der Waals surface area contributed by atoms with Crippen molar-refractivity contribution in [2.24, 2.45) is 0 Å². The topological polar surface area (TPSA) is 61.4 Å². The smallest absolute Gasteiger partial charge is 0.238 e. The quantitative estimate of drug-likeness (QED) is 0.363. The Morgan fingerprint density at radius 2 is 1.50 bits per heavy atom. The fourth-order valence-corrected chi connectivity index (χ4v) is 3.53. The van der Waals surface area contributed by atoms with Crippen molar-refractivity contribution in [2.45, 2.75) is 32.1 Å². The predicted molar refractivity (Wildman–Crippen MR) is 126 cm³/mol. The lowest BCUT2D eigenvalue weighted by atomic mass is 9.90. The molecule has 1 atom stereocenters. The first kappa shape index (κ1) is 21.5. The van der Waals surface area contributed by atoms with Crippen LogP contribution in [0.2, 0.25) is 0 Å². The second-order valence-electron chi connectivity index (χ2n) is 7.28. The van der Waals surface area contributed by atoms with Gasteiger partial charge in [-0.15, -0.1) is 0 Å². The molecule has 154 valence electrons. The Hall–Kier alpha value is -3.18. The van der Waals surface area contributed by atoms with Crippen molar-refractivity contribution in [1.82, 2.24) is 5.32 Å². The highest BCUT2D eigenvalue weighted by atomic mass is 32.1. The van der Waals surface area contributed by atoms with Crippen LogP contribution in [0, 0.1) is 0 Å². The number of hydrogen-bond donors (Lipinski definition) is 3. The summed E-state index contributed by atoms with van der Waals surface area (Å²) in [6, 6.07) is 24.6. The summed E-state index contributed by atoms with van der Waals surface area (Å²) in [6.07, 6.45) is 0.987. The van der Waals surface area contributed by atoms with Crippen LogP contribution in [0.25, 0.3) is 0 Å². The van der Waals surface area contributed by atoms with Gasteiger partial charge in [-0.25, -0.2) is 0 Å². The summed E-state index contributed by atoms with van der Waals surface area (Å²) in [4.78, 5) is 13.2. The Morgan fingerprint density at radius 3 is 2.03 bits per heavy atom. The van der Waals surface area contributed by atoms with Gasteiger partial charge in [0.05, 0.1) is 11.6 Å². The Kier molecular flexibility index (Phi) is 7.20. The van der Waals surface area contributed by atoms with Crippen molar-refractivity contribution < 1.29 is 9.90 Å². The van der Waals surface area contributed by atoms with Crippen molar-refractivity contribution in [2.75, 3.05) is 5.32 Å². The van der Waals surface area contributed by atoms with Gasteiger partial charge in [-0.2, -0.15) is 0 Å². The van der Waals surface area contributed by atoms with Crippen LogP contribution in [0.5, 0.6) is 5.75 Å². The van der Waals surface area contributed by atoms with E-state index in [0.29, 0.717) is 11.6 Å². The van der Waals surface area contributed by atoms with E-state index >= 15 is 0 Å². The van der Waals surface area contributed by atoms with E-state index in [1.165, 1.54) is 0 Å². The molecule has 0 heterocycles. The van der Waals surface area contributed by atoms with Crippen LogP contribution in [0.1, 0.15) is 48.8 Å². The Balaban J connectivity index is 1.79. The van der Waals surface area contributed by atoms with E-state index in [9.17, 15) is 9.90 Å². The van der Waals surface area contributed by atoms with Gasteiger partial charge in [0.25, 0.3) is 0 Å². The lowest BCUT2D eigenvalue weighted by Crippen LogP contribution is -2.37. The molecule has 0 aromatic heterocycles. The van der Waals surface area contributed by atoms with E-state index in [1.807, 2.05) is 72.8 Å². The molecule has 0 aliphatic rings. The van der Waals surface area contributed by atoms with Crippen LogP contribution in [0.15, 0.2) is 78.9 Å². The Labute approximate surface area is 183 Å². The van der Waals surface area contributed by atoms with E-state index in [0.717, 1.165) is 23.1 Å². The van der Waals surface area contributed by atoms with Gasteiger partial charge in [0, 0.05) is 0 Å². The van der Waals surface area contributed by atoms with Crippen LogP contribution in [-0.2, 0) is 4.79 Å². The molecule has 3 aromatic rings. The molecule has 3 N–H and O–H groups in total. The van der Waals surface area contributed by atoms with Crippen molar-refractivity contribution >= 4 is 28.9 Å². The number of aromatic hydroxyl groups is 1. The summed E-state index contributed by atoms with van der Waals surface area (Å²) >= 11 is 5.37. The molecule has 0 aliphatic heterocycles. The van der Waals surface area contributed by atoms with Crippen molar-refractivity contribution in [1.29, 1.82) is 0 Å². The zero-order chi connectivity index (χ0) is 21.5. The van der Waals surface area contributed by atoms with Crippen LogP contribution < -0.4 is 10.6 Å². The van der Waals surface area contributed by atoms with Crippen LogP contribution >= 0.6 is 12.2 Å². The molecule has 0 fully saturated rings. The van der Waals surface area contributed by atoms with Crippen molar-refractivity contribution in [3.63, 3.8) is 0 Å². The molecule has 0 radical (unpaired) electrons. The molecule has 0 aliphatic carbocycles. The molecule has 3 aromatic carbocycles. The van der Waals surface area contributed by atoms with Gasteiger partial charge in [0.2, 0.25) is 5.91 Å². The maximum Gasteiger partial charge on any atom is 0.238 e. The molecule has 0 bridgehead atoms. The van der Waals surface area contributed by atoms with Gasteiger partial charge in [-0.3, -0.25) is 4.79 Å². The average Bonchev–Trinajstić information content (AvgIpc) is 2.76. The average molecular weight is 419 g/mol. The monoisotopic (exact) mass is 418 g/mol. The summed E-state index contributed by atoms with van der Waals surface area (Å²) in [6.45, 7) is 4.24. The molecule has 4 nitrogen and oxygen atoms in total. The van der Waals surface area contributed by atoms with E-state index < -0.39 is 5.92 Å². The van der Waals surface area contributed by atoms with Crippen molar-refractivity contribution in [3.8, 4) is 5.75 Å².